The van der Waals surface area contributed by atoms with Crippen LogP contribution in [0.3, 0.4) is 0 Å². The topological polar surface area (TPSA) is 74.1 Å². The van der Waals surface area contributed by atoms with Crippen LogP contribution in [0.25, 0.3) is 5.76 Å². The van der Waals surface area contributed by atoms with Crippen LogP contribution in [-0.4, -0.2) is 50.4 Å². The molecule has 1 aliphatic rings. The van der Waals surface area contributed by atoms with Gasteiger partial charge in [-0.05, 0) is 41.7 Å². The summed E-state index contributed by atoms with van der Waals surface area (Å²) in [6, 6.07) is 11.7. The van der Waals surface area contributed by atoms with E-state index in [1.54, 1.807) is 12.1 Å². The van der Waals surface area contributed by atoms with Crippen LogP contribution in [0.4, 0.5) is 0 Å². The van der Waals surface area contributed by atoms with Gasteiger partial charge in [0.25, 0.3) is 5.91 Å². The van der Waals surface area contributed by atoms with Gasteiger partial charge in [-0.3, -0.25) is 9.59 Å². The number of nitrogens with zero attached hydrogens (tertiary/aromatic N) is 1. The van der Waals surface area contributed by atoms with Crippen molar-refractivity contribution >= 4 is 29.1 Å². The van der Waals surface area contributed by atoms with Crippen molar-refractivity contribution in [2.75, 3.05) is 33.8 Å². The highest BCUT2D eigenvalue weighted by molar-refractivity contribution is 6.46. The monoisotopic (exact) mass is 470 g/mol. The van der Waals surface area contributed by atoms with Crippen LogP contribution in [0.1, 0.15) is 49.4 Å². The molecule has 176 valence electrons. The first-order valence-corrected chi connectivity index (χ1v) is 11.6. The molecule has 1 unspecified atom stereocenters. The zero-order valence-electron chi connectivity index (χ0n) is 19.8. The third kappa shape index (κ3) is 5.23. The average molecular weight is 471 g/mol. The van der Waals surface area contributed by atoms with Gasteiger partial charge < -0.3 is 19.6 Å². The first kappa shape index (κ1) is 24.8. The van der Waals surface area contributed by atoms with Crippen LogP contribution in [0.5, 0.6) is 5.75 Å². The van der Waals surface area contributed by atoms with Gasteiger partial charge in [0, 0.05) is 5.57 Å². The summed E-state index contributed by atoms with van der Waals surface area (Å²) in [4.78, 5) is 28.7. The van der Waals surface area contributed by atoms with E-state index >= 15 is 0 Å². The number of rotatable bonds is 8. The lowest BCUT2D eigenvalue weighted by Crippen LogP contribution is -3.06. The third-order valence-electron chi connectivity index (χ3n) is 5.79. The Morgan fingerprint density at radius 1 is 1.15 bits per heavy atom. The second-order valence-corrected chi connectivity index (χ2v) is 9.24. The molecular formula is C26H31ClN2O4. The molecule has 1 atom stereocenters. The number of ether oxygens (including phenoxy) is 1. The summed E-state index contributed by atoms with van der Waals surface area (Å²) in [6.07, 6.45) is 0. The summed E-state index contributed by atoms with van der Waals surface area (Å²) in [5.74, 6) is -1.08. The molecule has 0 radical (unpaired) electrons. The fourth-order valence-electron chi connectivity index (χ4n) is 3.92. The molecule has 6 nitrogen and oxygen atoms in total. The van der Waals surface area contributed by atoms with Crippen molar-refractivity contribution < 1.29 is 24.3 Å². The Kier molecular flexibility index (Phi) is 7.82. The molecule has 2 aromatic rings. The number of amides is 1. The normalized spacial score (nSPS) is 17.9. The molecule has 1 aliphatic heterocycles. The fourth-order valence-corrected chi connectivity index (χ4v) is 4.16. The lowest BCUT2D eigenvalue weighted by Gasteiger charge is -2.28. The number of likely N-dealkylation sites (N-methyl/N-ethyl adjacent to an activating group) is 1. The molecule has 1 saturated heterocycles. The maximum atomic E-state index is 13.5. The lowest BCUT2D eigenvalue weighted by molar-refractivity contribution is -0.857. The summed E-state index contributed by atoms with van der Waals surface area (Å²) in [7, 11) is 3.96. The van der Waals surface area contributed by atoms with Crippen molar-refractivity contribution in [2.24, 2.45) is 0 Å². The summed E-state index contributed by atoms with van der Waals surface area (Å²) in [6.45, 7) is 7.49. The van der Waals surface area contributed by atoms with Crippen molar-refractivity contribution in [3.05, 3.63) is 69.8 Å². The van der Waals surface area contributed by atoms with Crippen LogP contribution in [0.15, 0.2) is 48.0 Å². The number of halogens is 1. The average Bonchev–Trinajstić information content (AvgIpc) is 3.03. The van der Waals surface area contributed by atoms with Gasteiger partial charge in [-0.15, -0.1) is 0 Å². The molecule has 2 aromatic carbocycles. The molecule has 0 spiro atoms. The molecule has 1 heterocycles. The van der Waals surface area contributed by atoms with E-state index in [0.717, 1.165) is 16.0 Å². The number of ketones is 1. The number of carbonyl (C=O) groups excluding carboxylic acids is 2. The molecule has 0 aromatic heterocycles. The van der Waals surface area contributed by atoms with Gasteiger partial charge in [0.1, 0.15) is 5.75 Å². The Morgan fingerprint density at radius 2 is 1.82 bits per heavy atom. The van der Waals surface area contributed by atoms with Crippen molar-refractivity contribution in [2.45, 2.75) is 32.7 Å². The van der Waals surface area contributed by atoms with E-state index in [4.69, 9.17) is 16.3 Å². The molecule has 3 rings (SSSR count). The number of hydrogen-bond acceptors (Lipinski definition) is 4. The second kappa shape index (κ2) is 10.4. The number of benzene rings is 2. The minimum atomic E-state index is -0.753. The lowest BCUT2D eigenvalue weighted by atomic mass is 9.93. The van der Waals surface area contributed by atoms with Crippen LogP contribution < -0.4 is 14.7 Å². The highest BCUT2D eigenvalue weighted by atomic mass is 35.5. The highest BCUT2D eigenvalue weighted by Crippen LogP contribution is 2.39. The van der Waals surface area contributed by atoms with Crippen LogP contribution >= 0.6 is 11.6 Å². The van der Waals surface area contributed by atoms with E-state index in [1.165, 1.54) is 11.0 Å². The number of likely N-dealkylation sites (tertiary alicyclic amines) is 1. The molecule has 1 amide bonds. The Hall–Kier alpha value is -2.83. The maximum absolute atomic E-state index is 13.5. The summed E-state index contributed by atoms with van der Waals surface area (Å²) < 4.78 is 5.45. The Labute approximate surface area is 200 Å². The predicted molar refractivity (Wildman–Crippen MR) is 127 cm³/mol. The summed E-state index contributed by atoms with van der Waals surface area (Å²) >= 11 is 6.29. The molecule has 1 fully saturated rings. The van der Waals surface area contributed by atoms with E-state index < -0.39 is 23.5 Å². The van der Waals surface area contributed by atoms with Crippen molar-refractivity contribution in [3.63, 3.8) is 0 Å². The van der Waals surface area contributed by atoms with Crippen LogP contribution in [-0.2, 0) is 9.59 Å². The van der Waals surface area contributed by atoms with E-state index in [9.17, 15) is 14.7 Å². The van der Waals surface area contributed by atoms with Gasteiger partial charge in [-0.2, -0.15) is 0 Å². The molecule has 33 heavy (non-hydrogen) atoms. The SMILES string of the molecule is CCOc1ccc(C([O-])=C2C(=O)C(=O)N(CC[NH+](C)C)C2c2ccc(C(C)C)cc2)cc1Cl. The van der Waals surface area contributed by atoms with E-state index in [0.29, 0.717) is 31.4 Å². The Morgan fingerprint density at radius 3 is 2.36 bits per heavy atom. The molecule has 7 heteroatoms. The Balaban J connectivity index is 2.12. The van der Waals surface area contributed by atoms with Crippen molar-refractivity contribution in [1.29, 1.82) is 0 Å². The van der Waals surface area contributed by atoms with Gasteiger partial charge in [0.15, 0.2) is 0 Å². The first-order valence-electron chi connectivity index (χ1n) is 11.2. The second-order valence-electron chi connectivity index (χ2n) is 8.83. The number of Topliss-reactive ketones (excluding diaryl/α,β-unsaturated/α-hetero) is 1. The number of quaternary nitrogens is 1. The molecule has 0 bridgehead atoms. The molecular weight excluding hydrogens is 440 g/mol. The zero-order chi connectivity index (χ0) is 24.3. The molecule has 0 aliphatic carbocycles. The zero-order valence-corrected chi connectivity index (χ0v) is 20.5. The van der Waals surface area contributed by atoms with E-state index in [2.05, 4.69) is 13.8 Å². The maximum Gasteiger partial charge on any atom is 0.295 e. The largest absolute Gasteiger partial charge is 0.872 e. The quantitative estimate of drug-likeness (QED) is 0.365. The first-order chi connectivity index (χ1) is 15.6. The summed E-state index contributed by atoms with van der Waals surface area (Å²) in [5, 5.41) is 13.8. The van der Waals surface area contributed by atoms with Gasteiger partial charge in [-0.25, -0.2) is 0 Å². The van der Waals surface area contributed by atoms with Crippen molar-refractivity contribution in [3.8, 4) is 5.75 Å². The van der Waals surface area contributed by atoms with Gasteiger partial charge in [-0.1, -0.05) is 61.5 Å². The smallest absolute Gasteiger partial charge is 0.295 e. The number of hydrogen-bond donors (Lipinski definition) is 1. The minimum Gasteiger partial charge on any atom is -0.872 e. The molecule has 1 N–H and O–H groups in total. The predicted octanol–water partition coefficient (Wildman–Crippen LogP) is 2.23. The van der Waals surface area contributed by atoms with Gasteiger partial charge in [0.2, 0.25) is 5.78 Å². The standard InChI is InChI=1S/C26H31ClN2O4/c1-6-33-21-12-11-19(15-20(21)27)24(30)22-23(18-9-7-17(8-10-18)16(2)3)29(14-13-28(4)5)26(32)25(22)31/h7-12,15-16,23,30H,6,13-14H2,1-5H3. The van der Waals surface area contributed by atoms with Crippen LogP contribution in [0.2, 0.25) is 5.02 Å². The van der Waals surface area contributed by atoms with Crippen molar-refractivity contribution in [1.82, 2.24) is 4.90 Å². The third-order valence-corrected chi connectivity index (χ3v) is 6.09. The minimum absolute atomic E-state index is 0.0359. The highest BCUT2D eigenvalue weighted by Gasteiger charge is 2.44. The number of carbonyl (C=O) groups is 2. The van der Waals surface area contributed by atoms with Gasteiger partial charge >= 0.3 is 0 Å². The van der Waals surface area contributed by atoms with Gasteiger partial charge in [0.05, 0.1) is 44.9 Å². The van der Waals surface area contributed by atoms with E-state index in [1.807, 2.05) is 45.3 Å². The molecule has 0 saturated carbocycles. The fraction of sp³-hybridized carbons (Fsp3) is 0.385. The summed E-state index contributed by atoms with van der Waals surface area (Å²) in [5.41, 5.74) is 2.10. The number of nitrogens with one attached hydrogen (secondary N) is 1. The Bertz CT molecular complexity index is 1060. The van der Waals surface area contributed by atoms with E-state index in [-0.39, 0.29) is 16.2 Å². The van der Waals surface area contributed by atoms with Crippen LogP contribution in [0, 0.1) is 0 Å².